The average Bonchev–Trinajstić information content (AvgIpc) is 3.46. The van der Waals surface area contributed by atoms with Gasteiger partial charge in [0.1, 0.15) is 29.4 Å². The van der Waals surface area contributed by atoms with Gasteiger partial charge in [-0.3, -0.25) is 4.90 Å². The van der Waals surface area contributed by atoms with Gasteiger partial charge in [0.25, 0.3) is 0 Å². The van der Waals surface area contributed by atoms with Gasteiger partial charge in [0.05, 0.1) is 18.3 Å². The lowest BCUT2D eigenvalue weighted by Crippen LogP contribution is -2.57. The predicted molar refractivity (Wildman–Crippen MR) is 101 cm³/mol. The van der Waals surface area contributed by atoms with Crippen molar-refractivity contribution in [1.29, 1.82) is 0 Å². The number of halogens is 2. The van der Waals surface area contributed by atoms with Crippen LogP contribution in [0, 0.1) is 11.6 Å². The van der Waals surface area contributed by atoms with E-state index in [-0.39, 0.29) is 35.9 Å². The molecule has 4 rings (SSSR count). The first kappa shape index (κ1) is 20.4. The van der Waals surface area contributed by atoms with E-state index < -0.39 is 17.9 Å². The molecule has 2 heterocycles. The molecule has 4 N–H and O–H groups in total. The summed E-state index contributed by atoms with van der Waals surface area (Å²) >= 11 is 0. The van der Waals surface area contributed by atoms with Crippen LogP contribution < -0.4 is 11.2 Å². The molecule has 29 heavy (non-hydrogen) atoms. The number of likely N-dealkylation sites (tertiary alicyclic amines) is 1. The number of ether oxygens (including phenoxy) is 1. The van der Waals surface area contributed by atoms with E-state index in [4.69, 9.17) is 20.2 Å². The zero-order valence-corrected chi connectivity index (χ0v) is 16.3. The highest BCUT2D eigenvalue weighted by molar-refractivity contribution is 5.65. The summed E-state index contributed by atoms with van der Waals surface area (Å²) in [6.45, 7) is 2.86. The summed E-state index contributed by atoms with van der Waals surface area (Å²) in [5.41, 5.74) is 8.54. The summed E-state index contributed by atoms with van der Waals surface area (Å²) in [5.74, 6) is -0.442. The van der Waals surface area contributed by atoms with E-state index in [2.05, 4.69) is 10.6 Å². The molecule has 0 amide bonds. The van der Waals surface area contributed by atoms with Gasteiger partial charge in [-0.25, -0.2) is 8.78 Å². The Morgan fingerprint density at radius 1 is 1.34 bits per heavy atom. The fraction of sp³-hybridized carbons (Fsp3) is 0.550. The van der Waals surface area contributed by atoms with Crippen molar-refractivity contribution in [2.75, 3.05) is 6.54 Å². The van der Waals surface area contributed by atoms with Crippen molar-refractivity contribution in [2.45, 2.75) is 63.6 Å². The third-order valence-corrected chi connectivity index (χ3v) is 5.80. The second-order valence-corrected chi connectivity index (χ2v) is 7.86. The van der Waals surface area contributed by atoms with E-state index in [0.717, 1.165) is 25.7 Å². The quantitative estimate of drug-likeness (QED) is 0.478. The molecule has 2 aliphatic rings. The Hall–Kier alpha value is -1.91. The topological polar surface area (TPSA) is 96.8 Å². The van der Waals surface area contributed by atoms with Gasteiger partial charge in [-0.1, -0.05) is 11.2 Å². The molecule has 9 heteroatoms. The Bertz CT molecular complexity index is 838. The van der Waals surface area contributed by atoms with E-state index in [1.165, 1.54) is 18.2 Å². The molecule has 0 spiro atoms. The van der Waals surface area contributed by atoms with Crippen molar-refractivity contribution in [3.05, 3.63) is 41.2 Å². The van der Waals surface area contributed by atoms with E-state index in [0.29, 0.717) is 17.9 Å². The molecule has 1 aliphatic heterocycles. The smallest absolute Gasteiger partial charge is 0.145 e. The van der Waals surface area contributed by atoms with Crippen LogP contribution in [0.4, 0.5) is 8.78 Å². The zero-order chi connectivity index (χ0) is 20.5. The largest absolute Gasteiger partial charge is 0.373 e. The normalized spacial score (nSPS) is 24.0. The number of aromatic nitrogens is 1. The van der Waals surface area contributed by atoms with Crippen molar-refractivity contribution in [3.63, 3.8) is 0 Å². The molecule has 0 radical (unpaired) electrons. The van der Waals surface area contributed by atoms with Crippen LogP contribution in [0.1, 0.15) is 49.8 Å². The zero-order valence-electron chi connectivity index (χ0n) is 16.3. The van der Waals surface area contributed by atoms with Gasteiger partial charge in [0.15, 0.2) is 0 Å². The number of hydrogen-bond donors (Lipinski definition) is 3. The lowest BCUT2D eigenvalue weighted by molar-refractivity contribution is -0.0571. The van der Waals surface area contributed by atoms with Crippen LogP contribution in [0.2, 0.25) is 0 Å². The molecule has 2 fully saturated rings. The van der Waals surface area contributed by atoms with Gasteiger partial charge in [-0.2, -0.15) is 5.48 Å². The molecule has 1 saturated carbocycles. The minimum Gasteiger partial charge on any atom is -0.373 e. The molecule has 1 saturated heterocycles. The van der Waals surface area contributed by atoms with E-state index >= 15 is 0 Å². The van der Waals surface area contributed by atoms with E-state index in [9.17, 15) is 8.78 Å². The highest BCUT2D eigenvalue weighted by atomic mass is 19.1. The molecule has 3 atom stereocenters. The van der Waals surface area contributed by atoms with Gasteiger partial charge in [0.2, 0.25) is 0 Å². The monoisotopic (exact) mass is 408 g/mol. The van der Waals surface area contributed by atoms with Crippen LogP contribution in [0.3, 0.4) is 0 Å². The molecular formula is C20H26F2N4O3. The van der Waals surface area contributed by atoms with Crippen LogP contribution in [-0.4, -0.2) is 40.2 Å². The summed E-state index contributed by atoms with van der Waals surface area (Å²) in [6, 6.07) is 3.86. The van der Waals surface area contributed by atoms with Crippen LogP contribution in [0.25, 0.3) is 11.3 Å². The van der Waals surface area contributed by atoms with Crippen LogP contribution in [-0.2, 0) is 11.3 Å². The molecular weight excluding hydrogens is 382 g/mol. The summed E-state index contributed by atoms with van der Waals surface area (Å²) in [6.07, 6.45) is 2.75. The predicted octanol–water partition coefficient (Wildman–Crippen LogP) is 3.09. The molecule has 1 aliphatic carbocycles. The summed E-state index contributed by atoms with van der Waals surface area (Å²) in [5, 5.41) is 13.0. The first-order valence-corrected chi connectivity index (χ1v) is 9.95. The van der Waals surface area contributed by atoms with Crippen molar-refractivity contribution in [2.24, 2.45) is 5.73 Å². The summed E-state index contributed by atoms with van der Waals surface area (Å²) in [7, 11) is 0. The van der Waals surface area contributed by atoms with Crippen molar-refractivity contribution >= 4 is 0 Å². The minimum atomic E-state index is -0.672. The number of hydroxylamine groups is 1. The number of nitrogens with one attached hydrogen (secondary N) is 1. The van der Waals surface area contributed by atoms with Crippen molar-refractivity contribution in [1.82, 2.24) is 15.5 Å². The third kappa shape index (κ3) is 4.19. The maximum atomic E-state index is 14.3. The second kappa shape index (κ2) is 8.45. The van der Waals surface area contributed by atoms with Gasteiger partial charge in [0, 0.05) is 24.1 Å². The number of nitrogens with two attached hydrogens (primary N) is 1. The van der Waals surface area contributed by atoms with Crippen LogP contribution in [0.15, 0.2) is 22.7 Å². The number of rotatable bonds is 7. The van der Waals surface area contributed by atoms with Crippen molar-refractivity contribution in [3.8, 4) is 11.3 Å². The second-order valence-electron chi connectivity index (χ2n) is 7.86. The lowest BCUT2D eigenvalue weighted by atomic mass is 10.00. The van der Waals surface area contributed by atoms with Crippen molar-refractivity contribution < 1.29 is 23.2 Å². The minimum absolute atomic E-state index is 0.0348. The Balaban J connectivity index is 1.51. The van der Waals surface area contributed by atoms with Crippen LogP contribution >= 0.6 is 0 Å². The molecule has 1 aromatic heterocycles. The Morgan fingerprint density at radius 2 is 2.07 bits per heavy atom. The Morgan fingerprint density at radius 3 is 2.69 bits per heavy atom. The molecule has 1 aromatic carbocycles. The SMILES string of the molecule is C[C@@H]1C[C@H](OCc2c(-c3c(F)cccc3F)noc2C2CC2)CCN1C(N)NO. The maximum Gasteiger partial charge on any atom is 0.145 e. The number of piperidine rings is 1. The molecule has 1 unspecified atom stereocenters. The molecule has 7 nitrogen and oxygen atoms in total. The fourth-order valence-corrected chi connectivity index (χ4v) is 4.04. The lowest BCUT2D eigenvalue weighted by Gasteiger charge is -2.40. The molecule has 158 valence electrons. The Labute approximate surface area is 167 Å². The fourth-order valence-electron chi connectivity index (χ4n) is 4.04. The first-order valence-electron chi connectivity index (χ1n) is 9.95. The average molecular weight is 408 g/mol. The van der Waals surface area contributed by atoms with E-state index in [1.54, 1.807) is 0 Å². The van der Waals surface area contributed by atoms with E-state index in [1.807, 2.05) is 11.8 Å². The maximum absolute atomic E-state index is 14.3. The van der Waals surface area contributed by atoms with Gasteiger partial charge < -0.3 is 20.2 Å². The number of hydrogen-bond acceptors (Lipinski definition) is 7. The molecule has 2 aromatic rings. The van der Waals surface area contributed by atoms with Gasteiger partial charge >= 0.3 is 0 Å². The van der Waals surface area contributed by atoms with Crippen LogP contribution in [0.5, 0.6) is 0 Å². The number of benzene rings is 1. The first-order chi connectivity index (χ1) is 14.0. The third-order valence-electron chi connectivity index (χ3n) is 5.80. The summed E-state index contributed by atoms with van der Waals surface area (Å²) in [4.78, 5) is 1.95. The highest BCUT2D eigenvalue weighted by Gasteiger charge is 2.35. The van der Waals surface area contributed by atoms with Gasteiger partial charge in [-0.05, 0) is 44.7 Å². The summed E-state index contributed by atoms with van der Waals surface area (Å²) < 4.78 is 40.3. The highest BCUT2D eigenvalue weighted by Crippen LogP contribution is 2.45. The standard InChI is InChI=1S/C20H26F2N4O3/c1-11-9-13(7-8-26(11)20(23)24-27)28-10-14-18(25-29-19(14)12-5-6-12)17-15(21)3-2-4-16(17)22/h2-4,11-13,20,24,27H,5-10,23H2,1H3/t11-,13-,20?/m1/s1. The Kier molecular flexibility index (Phi) is 5.93. The van der Waals surface area contributed by atoms with Gasteiger partial charge in [-0.15, -0.1) is 0 Å². The number of nitrogens with zero attached hydrogens (tertiary/aromatic N) is 2. The molecule has 0 bridgehead atoms.